The molecule has 236 valence electrons. The second kappa shape index (κ2) is 11.5. The van der Waals surface area contributed by atoms with Crippen LogP contribution >= 0.6 is 0 Å². The van der Waals surface area contributed by atoms with Gasteiger partial charge in [0.1, 0.15) is 34.0 Å². The van der Waals surface area contributed by atoms with Gasteiger partial charge >= 0.3 is 0 Å². The van der Waals surface area contributed by atoms with Crippen LogP contribution in [0.15, 0.2) is 183 Å². The SMILES string of the molecule is c1ccc(C2=NC(c3cccc4c3oc3ccccc34)N=C(c3cccc4oc5cc(-c6ccc(-c7ccccc7)cc6)ccc5c34)N2)cc1. The van der Waals surface area contributed by atoms with Crippen molar-refractivity contribution in [2.75, 3.05) is 0 Å². The van der Waals surface area contributed by atoms with Crippen LogP contribution in [0.4, 0.5) is 0 Å². The summed E-state index contributed by atoms with van der Waals surface area (Å²) in [4.78, 5) is 10.4. The van der Waals surface area contributed by atoms with Gasteiger partial charge in [0.2, 0.25) is 0 Å². The number of fused-ring (bicyclic) bond motifs is 6. The van der Waals surface area contributed by atoms with E-state index in [9.17, 15) is 0 Å². The molecule has 5 nitrogen and oxygen atoms in total. The van der Waals surface area contributed by atoms with Gasteiger partial charge in [0, 0.05) is 38.2 Å². The molecule has 0 radical (unpaired) electrons. The van der Waals surface area contributed by atoms with Crippen LogP contribution in [0.5, 0.6) is 0 Å². The molecule has 10 rings (SSSR count). The van der Waals surface area contributed by atoms with Crippen LogP contribution in [0.1, 0.15) is 22.9 Å². The molecular weight excluding hydrogens is 615 g/mol. The lowest BCUT2D eigenvalue weighted by Crippen LogP contribution is -2.36. The summed E-state index contributed by atoms with van der Waals surface area (Å²) in [5, 5.41) is 7.77. The maximum atomic E-state index is 6.53. The highest BCUT2D eigenvalue weighted by Gasteiger charge is 2.26. The molecule has 0 saturated carbocycles. The molecule has 0 spiro atoms. The van der Waals surface area contributed by atoms with Crippen molar-refractivity contribution in [2.45, 2.75) is 6.17 Å². The van der Waals surface area contributed by atoms with Gasteiger partial charge in [-0.1, -0.05) is 140 Å². The van der Waals surface area contributed by atoms with Gasteiger partial charge in [-0.05, 0) is 46.5 Å². The van der Waals surface area contributed by atoms with Gasteiger partial charge in [-0.15, -0.1) is 0 Å². The summed E-state index contributed by atoms with van der Waals surface area (Å²) in [7, 11) is 0. The number of hydrogen-bond donors (Lipinski definition) is 1. The smallest absolute Gasteiger partial charge is 0.173 e. The van der Waals surface area contributed by atoms with Crippen LogP contribution in [0.3, 0.4) is 0 Å². The zero-order valence-electron chi connectivity index (χ0n) is 26.9. The molecule has 3 heterocycles. The molecule has 1 atom stereocenters. The molecule has 50 heavy (non-hydrogen) atoms. The molecule has 2 aromatic heterocycles. The predicted molar refractivity (Wildman–Crippen MR) is 204 cm³/mol. The van der Waals surface area contributed by atoms with Crippen molar-refractivity contribution in [3.63, 3.8) is 0 Å². The van der Waals surface area contributed by atoms with Crippen molar-refractivity contribution in [2.24, 2.45) is 9.98 Å². The maximum absolute atomic E-state index is 6.53. The molecule has 1 aliphatic rings. The summed E-state index contributed by atoms with van der Waals surface area (Å²) in [6.07, 6.45) is -0.524. The second-order valence-corrected chi connectivity index (χ2v) is 12.6. The Labute approximate surface area is 287 Å². The Morgan fingerprint density at radius 2 is 1.04 bits per heavy atom. The molecule has 0 aliphatic carbocycles. The van der Waals surface area contributed by atoms with E-state index in [1.165, 1.54) is 11.1 Å². The minimum absolute atomic E-state index is 0.524. The summed E-state index contributed by atoms with van der Waals surface area (Å²) in [6.45, 7) is 0. The minimum Gasteiger partial charge on any atom is -0.456 e. The first-order valence-electron chi connectivity index (χ1n) is 16.8. The van der Waals surface area contributed by atoms with Crippen LogP contribution in [0.2, 0.25) is 0 Å². The minimum atomic E-state index is -0.524. The molecule has 0 saturated heterocycles. The normalized spacial score (nSPS) is 14.6. The van der Waals surface area contributed by atoms with E-state index in [1.807, 2.05) is 54.6 Å². The van der Waals surface area contributed by atoms with Gasteiger partial charge in [0.05, 0.1) is 0 Å². The first-order valence-corrected chi connectivity index (χ1v) is 16.8. The van der Waals surface area contributed by atoms with Crippen LogP contribution < -0.4 is 5.32 Å². The third-order valence-corrected chi connectivity index (χ3v) is 9.58. The van der Waals surface area contributed by atoms with E-state index < -0.39 is 6.17 Å². The molecule has 0 amide bonds. The Hall–Kier alpha value is -6.72. The Morgan fingerprint density at radius 1 is 0.420 bits per heavy atom. The lowest BCUT2D eigenvalue weighted by atomic mass is 9.98. The number of furan rings is 2. The number of benzene rings is 7. The van der Waals surface area contributed by atoms with Crippen molar-refractivity contribution in [3.05, 3.63) is 180 Å². The third kappa shape index (κ3) is 4.71. The molecule has 9 aromatic rings. The first kappa shape index (κ1) is 28.3. The largest absolute Gasteiger partial charge is 0.456 e. The zero-order chi connectivity index (χ0) is 33.0. The fraction of sp³-hybridized carbons (Fsp3) is 0.0222. The molecule has 0 bridgehead atoms. The number of nitrogens with zero attached hydrogens (tertiary/aromatic N) is 2. The highest BCUT2D eigenvalue weighted by molar-refractivity contribution is 6.23. The number of amidine groups is 2. The Bertz CT molecular complexity index is 2770. The van der Waals surface area contributed by atoms with Crippen molar-refractivity contribution < 1.29 is 8.83 Å². The summed E-state index contributed by atoms with van der Waals surface area (Å²) in [6, 6.07) is 56.3. The van der Waals surface area contributed by atoms with Crippen LogP contribution in [0, 0.1) is 0 Å². The zero-order valence-corrected chi connectivity index (χ0v) is 26.9. The summed E-state index contributed by atoms with van der Waals surface area (Å²) in [5.74, 6) is 1.48. The molecule has 1 unspecified atom stereocenters. The van der Waals surface area contributed by atoms with E-state index in [1.54, 1.807) is 0 Å². The van der Waals surface area contributed by atoms with Crippen molar-refractivity contribution >= 4 is 55.5 Å². The second-order valence-electron chi connectivity index (χ2n) is 12.6. The number of aliphatic imine (C=N–C) groups is 2. The fourth-order valence-corrected chi connectivity index (χ4v) is 7.13. The van der Waals surface area contributed by atoms with Crippen molar-refractivity contribution in [1.82, 2.24) is 5.32 Å². The van der Waals surface area contributed by atoms with Crippen molar-refractivity contribution in [3.8, 4) is 22.3 Å². The third-order valence-electron chi connectivity index (χ3n) is 9.58. The number of para-hydroxylation sites is 2. The maximum Gasteiger partial charge on any atom is 0.173 e. The van der Waals surface area contributed by atoms with E-state index >= 15 is 0 Å². The van der Waals surface area contributed by atoms with E-state index in [0.29, 0.717) is 0 Å². The average molecular weight is 644 g/mol. The van der Waals surface area contributed by atoms with E-state index in [0.717, 1.165) is 83.4 Å². The molecule has 5 heteroatoms. The fourth-order valence-electron chi connectivity index (χ4n) is 7.13. The Kier molecular flexibility index (Phi) is 6.49. The van der Waals surface area contributed by atoms with Gasteiger partial charge in [0.25, 0.3) is 0 Å². The predicted octanol–water partition coefficient (Wildman–Crippen LogP) is 11.3. The molecular formula is C45H29N3O2. The first-order chi connectivity index (χ1) is 24.8. The topological polar surface area (TPSA) is 63.0 Å². The van der Waals surface area contributed by atoms with Gasteiger partial charge < -0.3 is 14.2 Å². The van der Waals surface area contributed by atoms with E-state index in [-0.39, 0.29) is 0 Å². The standard InChI is InChI=1S/C45H29N3O2/c1-3-11-28(12-4-1)29-21-23-30(24-22-29)32-25-26-35-40(27-32)49-39-20-10-17-36(41(35)39)44-46-43(31-13-5-2-6-14-31)47-45(48-44)37-18-9-16-34-33-15-7-8-19-38(33)50-42(34)37/h1-27,45H,(H,46,47,48). The summed E-state index contributed by atoms with van der Waals surface area (Å²) < 4.78 is 13.0. The molecule has 1 aliphatic heterocycles. The van der Waals surface area contributed by atoms with Gasteiger partial charge in [-0.3, -0.25) is 0 Å². The summed E-state index contributed by atoms with van der Waals surface area (Å²) in [5.41, 5.74) is 10.8. The highest BCUT2D eigenvalue weighted by atomic mass is 16.3. The van der Waals surface area contributed by atoms with Crippen LogP contribution in [-0.2, 0) is 0 Å². The number of nitrogens with one attached hydrogen (secondary N) is 1. The lowest BCUT2D eigenvalue weighted by molar-refractivity contribution is 0.649. The van der Waals surface area contributed by atoms with Gasteiger partial charge in [-0.25, -0.2) is 9.98 Å². The van der Waals surface area contributed by atoms with E-state index in [4.69, 9.17) is 18.8 Å². The highest BCUT2D eigenvalue weighted by Crippen LogP contribution is 2.38. The lowest BCUT2D eigenvalue weighted by Gasteiger charge is -2.22. The number of hydrogen-bond acceptors (Lipinski definition) is 5. The molecule has 1 N–H and O–H groups in total. The summed E-state index contributed by atoms with van der Waals surface area (Å²) >= 11 is 0. The van der Waals surface area contributed by atoms with Gasteiger partial charge in [0.15, 0.2) is 6.17 Å². The molecule has 0 fully saturated rings. The monoisotopic (exact) mass is 643 g/mol. The quantitative estimate of drug-likeness (QED) is 0.203. The Morgan fingerprint density at radius 3 is 1.86 bits per heavy atom. The average Bonchev–Trinajstić information content (AvgIpc) is 3.77. The molecule has 7 aromatic carbocycles. The van der Waals surface area contributed by atoms with E-state index in [2.05, 4.69) is 115 Å². The van der Waals surface area contributed by atoms with Crippen molar-refractivity contribution in [1.29, 1.82) is 0 Å². The van der Waals surface area contributed by atoms with Crippen LogP contribution in [0.25, 0.3) is 66.1 Å². The Balaban J connectivity index is 1.09. The van der Waals surface area contributed by atoms with Crippen LogP contribution in [-0.4, -0.2) is 11.7 Å². The number of rotatable bonds is 5. The van der Waals surface area contributed by atoms with Gasteiger partial charge in [-0.2, -0.15) is 0 Å².